The first kappa shape index (κ1) is 59.1. The van der Waals surface area contributed by atoms with E-state index in [1.807, 2.05) is 51.2 Å². The number of piperidine rings is 1. The molecule has 70 heavy (non-hydrogen) atoms. The molecule has 0 radical (unpaired) electrons. The van der Waals surface area contributed by atoms with Crippen LogP contribution in [0, 0.1) is 41.4 Å². The van der Waals surface area contributed by atoms with Crippen LogP contribution < -0.4 is 0 Å². The van der Waals surface area contributed by atoms with E-state index in [1.165, 1.54) is 7.11 Å². The van der Waals surface area contributed by atoms with Crippen molar-refractivity contribution in [2.45, 2.75) is 180 Å². The summed E-state index contributed by atoms with van der Waals surface area (Å²) in [7, 11) is 2.92. The summed E-state index contributed by atoms with van der Waals surface area (Å²) in [6.45, 7) is 11.9. The molecule has 0 unspecified atom stereocenters. The highest BCUT2D eigenvalue weighted by molar-refractivity contribution is 6.39. The van der Waals surface area contributed by atoms with E-state index in [9.17, 15) is 49.5 Å². The summed E-state index contributed by atoms with van der Waals surface area (Å²) in [6.07, 6.45) is 9.89. The highest BCUT2D eigenvalue weighted by atomic mass is 16.6. The van der Waals surface area contributed by atoms with Gasteiger partial charge in [-0.15, -0.1) is 0 Å². The van der Waals surface area contributed by atoms with Crippen LogP contribution in [0.25, 0.3) is 0 Å². The molecule has 2 saturated heterocycles. The van der Waals surface area contributed by atoms with Crippen molar-refractivity contribution in [2.24, 2.45) is 41.4 Å². The zero-order chi connectivity index (χ0) is 51.9. The minimum Gasteiger partial charge on any atom is -0.460 e. The fourth-order valence-corrected chi connectivity index (χ4v) is 10.4. The summed E-state index contributed by atoms with van der Waals surface area (Å²) >= 11 is 0. The molecule has 3 aliphatic heterocycles. The van der Waals surface area contributed by atoms with Crippen molar-refractivity contribution in [3.05, 3.63) is 47.6 Å². The average Bonchev–Trinajstić information content (AvgIpc) is 3.34. The fraction of sp³-hybridized carbons (Fsp3) is 0.759. The van der Waals surface area contributed by atoms with Gasteiger partial charge in [-0.2, -0.15) is 0 Å². The number of esters is 1. The maximum absolute atomic E-state index is 14.4. The Balaban J connectivity index is 1.73. The number of aliphatic hydroxyl groups excluding tert-OH is 4. The molecular formula is C54H85NO15. The standard InChI is InChI=1S/C54H85NO15/c1-32-15-11-10-12-16-33(2)45(68-31-40(29-56)30-57)27-41-20-18-38(7)54(65,70-41)51(62)52(63)55-22-14-13-17-42(55)53(64)69-46(35(4)25-39-19-21-43(58)47(26-39)66-8)28-44(59)34(3)24-37(6)49(61)50(67-9)48(60)36(5)23-32/h10-12,15-16,24,32,34-36,38-43,45-47,49-50,56-58,61,65H,13-14,17-23,25-31H2,1-9H3/b12-10+,15-11+,33-16+,37-24+/t32-,34-,35-,36-,38-,39+,41+,42+,43-,45+,46+,47-,49-,50+,54-/m1/s1. The molecule has 3 heterocycles. The maximum Gasteiger partial charge on any atom is 0.329 e. The molecule has 1 saturated carbocycles. The maximum atomic E-state index is 14.4. The van der Waals surface area contributed by atoms with E-state index in [2.05, 4.69) is 0 Å². The zero-order valence-corrected chi connectivity index (χ0v) is 43.2. The molecule has 16 heteroatoms. The van der Waals surface area contributed by atoms with Crippen LogP contribution >= 0.6 is 0 Å². The van der Waals surface area contributed by atoms with Gasteiger partial charge in [0.1, 0.15) is 30.1 Å². The Bertz CT molecular complexity index is 1860. The lowest BCUT2D eigenvalue weighted by molar-refractivity contribution is -0.266. The third kappa shape index (κ3) is 16.0. The van der Waals surface area contributed by atoms with Crippen LogP contribution in [0.5, 0.6) is 0 Å². The lowest BCUT2D eigenvalue weighted by atomic mass is 9.78. The first-order chi connectivity index (χ1) is 33.2. The third-order valence-corrected chi connectivity index (χ3v) is 15.2. The summed E-state index contributed by atoms with van der Waals surface area (Å²) < 4.78 is 29.9. The summed E-state index contributed by atoms with van der Waals surface area (Å²) in [5, 5.41) is 53.6. The third-order valence-electron chi connectivity index (χ3n) is 15.2. The number of methoxy groups -OCH3 is 2. The van der Waals surface area contributed by atoms with Crippen LogP contribution in [0.4, 0.5) is 0 Å². The average molecular weight is 988 g/mol. The number of nitrogens with zero attached hydrogens (tertiary/aromatic N) is 1. The molecule has 0 aromatic carbocycles. The van der Waals surface area contributed by atoms with Crippen LogP contribution in [0.2, 0.25) is 0 Å². The highest BCUT2D eigenvalue weighted by Gasteiger charge is 2.53. The summed E-state index contributed by atoms with van der Waals surface area (Å²) in [5.74, 6) is -9.02. The second-order valence-electron chi connectivity index (χ2n) is 20.9. The number of carbonyl (C=O) groups is 5. The molecule has 5 N–H and O–H groups in total. The van der Waals surface area contributed by atoms with Crippen LogP contribution in [0.15, 0.2) is 47.6 Å². The number of Topliss-reactive ketones (excluding diaryl/α,β-unsaturated/α-hetero) is 3. The molecule has 16 nitrogen and oxygen atoms in total. The number of hydrogen-bond acceptors (Lipinski definition) is 15. The molecule has 15 atom stereocenters. The van der Waals surface area contributed by atoms with Gasteiger partial charge in [0.2, 0.25) is 5.79 Å². The minimum atomic E-state index is -2.52. The van der Waals surface area contributed by atoms with Crippen molar-refractivity contribution in [2.75, 3.05) is 40.6 Å². The van der Waals surface area contributed by atoms with Crippen LogP contribution in [0.1, 0.15) is 126 Å². The molecule has 4 rings (SSSR count). The quantitative estimate of drug-likeness (QED) is 0.108. The molecule has 0 spiro atoms. The molecule has 1 amide bonds. The Morgan fingerprint density at radius 2 is 1.57 bits per heavy atom. The van der Waals surface area contributed by atoms with Gasteiger partial charge in [0.05, 0.1) is 44.2 Å². The van der Waals surface area contributed by atoms with Crippen LogP contribution in [-0.4, -0.2) is 155 Å². The Kier molecular flexibility index (Phi) is 23.7. The summed E-state index contributed by atoms with van der Waals surface area (Å²) in [5.41, 5.74) is 1.12. The number of amides is 1. The SMILES string of the molecule is CO[C@@H]1C[C@H](C[C@@H](C)[C@@H]2CC(=O)[C@H](C)/C=C(\C)[C@@H](O)[C@@H](OC)C(=O)[C@H](C)C[C@H](C)/C=C/C=C/C=C(\C)[C@@H](OCC(CO)CO)C[C@@H]3CC[C@@H](C)[C@@](O)(O3)C(=O)C(=O)N3CCCC[C@H]3C(=O)O2)CC[C@H]1O. The lowest BCUT2D eigenvalue weighted by Gasteiger charge is -2.43. The Hall–Kier alpha value is -3.45. The molecule has 1 aliphatic carbocycles. The fourth-order valence-electron chi connectivity index (χ4n) is 10.4. The smallest absolute Gasteiger partial charge is 0.329 e. The highest BCUT2D eigenvalue weighted by Crippen LogP contribution is 2.38. The van der Waals surface area contributed by atoms with Crippen LogP contribution in [-0.2, 0) is 47.7 Å². The second-order valence-corrected chi connectivity index (χ2v) is 20.9. The van der Waals surface area contributed by atoms with Gasteiger partial charge in [0.15, 0.2) is 5.78 Å². The van der Waals surface area contributed by atoms with Gasteiger partial charge in [0.25, 0.3) is 11.7 Å². The molecule has 0 aromatic rings. The number of ketones is 3. The van der Waals surface area contributed by atoms with E-state index in [1.54, 1.807) is 40.9 Å². The molecule has 3 fully saturated rings. The van der Waals surface area contributed by atoms with Gasteiger partial charge in [-0.3, -0.25) is 19.2 Å². The van der Waals surface area contributed by atoms with Gasteiger partial charge in [0, 0.05) is 57.3 Å². The first-order valence-electron chi connectivity index (χ1n) is 25.7. The van der Waals surface area contributed by atoms with Gasteiger partial charge in [-0.25, -0.2) is 4.79 Å². The first-order valence-corrected chi connectivity index (χ1v) is 25.7. The molecular weight excluding hydrogens is 903 g/mol. The van der Waals surface area contributed by atoms with E-state index in [0.29, 0.717) is 63.4 Å². The van der Waals surface area contributed by atoms with Crippen molar-refractivity contribution < 1.29 is 73.2 Å². The predicted molar refractivity (Wildman–Crippen MR) is 262 cm³/mol. The van der Waals surface area contributed by atoms with E-state index in [4.69, 9.17) is 23.7 Å². The normalized spacial score (nSPS) is 38.5. The van der Waals surface area contributed by atoms with Gasteiger partial charge < -0.3 is 54.1 Å². The van der Waals surface area contributed by atoms with Gasteiger partial charge >= 0.3 is 5.97 Å². The number of ether oxygens (including phenoxy) is 5. The Morgan fingerprint density at radius 1 is 0.857 bits per heavy atom. The van der Waals surface area contributed by atoms with Crippen molar-refractivity contribution in [1.82, 2.24) is 4.90 Å². The number of hydrogen-bond donors (Lipinski definition) is 5. The number of allylic oxidation sites excluding steroid dienone is 6. The number of cyclic esters (lactones) is 1. The molecule has 4 aliphatic rings. The Morgan fingerprint density at radius 3 is 2.24 bits per heavy atom. The minimum absolute atomic E-state index is 0.0147. The summed E-state index contributed by atoms with van der Waals surface area (Å²) in [4.78, 5) is 72.3. The van der Waals surface area contributed by atoms with Crippen molar-refractivity contribution in [3.63, 3.8) is 0 Å². The monoisotopic (exact) mass is 988 g/mol. The van der Waals surface area contributed by atoms with Gasteiger partial charge in [-0.1, -0.05) is 71.1 Å². The van der Waals surface area contributed by atoms with Crippen molar-refractivity contribution in [3.8, 4) is 0 Å². The summed E-state index contributed by atoms with van der Waals surface area (Å²) in [6, 6.07) is -1.19. The predicted octanol–water partition coefficient (Wildman–Crippen LogP) is 5.15. The second kappa shape index (κ2) is 28.1. The van der Waals surface area contributed by atoms with E-state index < -0.39 is 89.8 Å². The number of aliphatic hydroxyl groups is 5. The topological polar surface area (TPSA) is 236 Å². The van der Waals surface area contributed by atoms with Crippen LogP contribution in [0.3, 0.4) is 0 Å². The number of fused-ring (bicyclic) bond motifs is 3. The van der Waals surface area contributed by atoms with Crippen molar-refractivity contribution >= 4 is 29.2 Å². The zero-order valence-electron chi connectivity index (χ0n) is 43.2. The lowest BCUT2D eigenvalue weighted by Crippen LogP contribution is -2.61. The Labute approximate surface area is 415 Å². The van der Waals surface area contributed by atoms with E-state index >= 15 is 0 Å². The molecule has 2 bridgehead atoms. The van der Waals surface area contributed by atoms with E-state index in [-0.39, 0.29) is 81.1 Å². The van der Waals surface area contributed by atoms with Crippen molar-refractivity contribution in [1.29, 1.82) is 0 Å². The number of carbonyl (C=O) groups excluding carboxylic acids is 5. The number of rotatable bonds is 10. The van der Waals surface area contributed by atoms with E-state index in [0.717, 1.165) is 10.5 Å². The van der Waals surface area contributed by atoms with Gasteiger partial charge in [-0.05, 0) is 107 Å². The largest absolute Gasteiger partial charge is 0.460 e. The molecule has 0 aromatic heterocycles. The molecule has 396 valence electrons.